The number of nitrogens with zero attached hydrogens (tertiary/aromatic N) is 1. The largest absolute Gasteiger partial charge is 0.325 e. The predicted octanol–water partition coefficient (Wildman–Crippen LogP) is 5.24. The number of sulfonamides is 1. The maximum absolute atomic E-state index is 13.3. The molecule has 0 bridgehead atoms. The fourth-order valence-corrected chi connectivity index (χ4v) is 4.67. The molecule has 0 radical (unpaired) electrons. The zero-order valence-electron chi connectivity index (χ0n) is 16.2. The van der Waals surface area contributed by atoms with Gasteiger partial charge in [-0.1, -0.05) is 63.9 Å². The zero-order chi connectivity index (χ0) is 21.7. The molecule has 0 aliphatic heterocycles. The first-order valence-corrected chi connectivity index (χ1v) is 11.7. The summed E-state index contributed by atoms with van der Waals surface area (Å²) < 4.78 is 28.5. The smallest absolute Gasteiger partial charge is 0.243 e. The van der Waals surface area contributed by atoms with E-state index in [9.17, 15) is 13.2 Å². The first-order valence-electron chi connectivity index (χ1n) is 9.11. The van der Waals surface area contributed by atoms with E-state index in [-0.39, 0.29) is 18.0 Å². The molecule has 3 aromatic carbocycles. The van der Waals surface area contributed by atoms with Crippen LogP contribution in [-0.4, -0.2) is 25.2 Å². The van der Waals surface area contributed by atoms with Gasteiger partial charge in [-0.15, -0.1) is 0 Å². The summed E-state index contributed by atoms with van der Waals surface area (Å²) in [6, 6.07) is 20.6. The highest BCUT2D eigenvalue weighted by Crippen LogP contribution is 2.23. The average molecular weight is 508 g/mol. The Morgan fingerprint density at radius 3 is 2.37 bits per heavy atom. The van der Waals surface area contributed by atoms with E-state index in [1.807, 2.05) is 37.3 Å². The lowest BCUT2D eigenvalue weighted by atomic mass is 10.2. The summed E-state index contributed by atoms with van der Waals surface area (Å²) in [6.45, 7) is 1.58. The van der Waals surface area contributed by atoms with E-state index in [0.29, 0.717) is 10.7 Å². The van der Waals surface area contributed by atoms with Crippen molar-refractivity contribution in [3.05, 3.63) is 93.4 Å². The Hall–Kier alpha value is -2.19. The monoisotopic (exact) mass is 506 g/mol. The fourth-order valence-electron chi connectivity index (χ4n) is 2.85. The van der Waals surface area contributed by atoms with Crippen LogP contribution < -0.4 is 5.32 Å². The number of hydrogen-bond acceptors (Lipinski definition) is 3. The van der Waals surface area contributed by atoms with E-state index in [1.54, 1.807) is 30.3 Å². The van der Waals surface area contributed by atoms with Crippen molar-refractivity contribution in [1.82, 2.24) is 4.31 Å². The van der Waals surface area contributed by atoms with Gasteiger partial charge in [0.1, 0.15) is 0 Å². The molecular weight excluding hydrogens is 488 g/mol. The maximum Gasteiger partial charge on any atom is 0.243 e. The van der Waals surface area contributed by atoms with Crippen LogP contribution in [0.25, 0.3) is 0 Å². The van der Waals surface area contributed by atoms with Crippen molar-refractivity contribution in [3.8, 4) is 0 Å². The molecule has 5 nitrogen and oxygen atoms in total. The summed E-state index contributed by atoms with van der Waals surface area (Å²) >= 11 is 9.33. The minimum atomic E-state index is -3.90. The Labute approximate surface area is 189 Å². The van der Waals surface area contributed by atoms with Gasteiger partial charge in [-0.3, -0.25) is 4.79 Å². The molecule has 156 valence electrons. The van der Waals surface area contributed by atoms with Gasteiger partial charge in [0, 0.05) is 21.7 Å². The third kappa shape index (κ3) is 5.70. The molecule has 3 aromatic rings. The number of amides is 1. The van der Waals surface area contributed by atoms with Crippen LogP contribution in [0.4, 0.5) is 5.69 Å². The number of nitrogens with one attached hydrogen (secondary N) is 1. The Kier molecular flexibility index (Phi) is 7.31. The van der Waals surface area contributed by atoms with E-state index in [2.05, 4.69) is 21.2 Å². The van der Waals surface area contributed by atoms with Crippen LogP contribution in [0.2, 0.25) is 5.02 Å². The van der Waals surface area contributed by atoms with Crippen molar-refractivity contribution in [2.24, 2.45) is 0 Å². The summed E-state index contributed by atoms with van der Waals surface area (Å²) in [5.41, 5.74) is 2.16. The van der Waals surface area contributed by atoms with E-state index in [1.165, 1.54) is 16.4 Å². The molecule has 0 atom stereocenters. The number of aryl methyl sites for hydroxylation is 1. The molecule has 1 amide bonds. The number of rotatable bonds is 7. The van der Waals surface area contributed by atoms with Gasteiger partial charge in [-0.2, -0.15) is 4.31 Å². The molecule has 30 heavy (non-hydrogen) atoms. The van der Waals surface area contributed by atoms with Crippen molar-refractivity contribution in [2.75, 3.05) is 11.9 Å². The Bertz CT molecular complexity index is 1140. The Morgan fingerprint density at radius 2 is 1.70 bits per heavy atom. The van der Waals surface area contributed by atoms with Crippen molar-refractivity contribution >= 4 is 49.1 Å². The fraction of sp³-hybridized carbons (Fsp3) is 0.136. The molecule has 0 fully saturated rings. The molecule has 8 heteroatoms. The highest BCUT2D eigenvalue weighted by Gasteiger charge is 2.27. The third-order valence-electron chi connectivity index (χ3n) is 4.45. The molecular formula is C22H20BrClN2O3S. The predicted molar refractivity (Wildman–Crippen MR) is 123 cm³/mol. The molecule has 1 N–H and O–H groups in total. The minimum Gasteiger partial charge on any atom is -0.325 e. The van der Waals surface area contributed by atoms with Gasteiger partial charge in [0.15, 0.2) is 0 Å². The second kappa shape index (κ2) is 9.75. The van der Waals surface area contributed by atoms with Gasteiger partial charge in [0.25, 0.3) is 0 Å². The first-order chi connectivity index (χ1) is 14.3. The molecule has 0 saturated carbocycles. The van der Waals surface area contributed by atoms with Gasteiger partial charge in [-0.05, 0) is 54.4 Å². The second-order valence-electron chi connectivity index (χ2n) is 6.72. The third-order valence-corrected chi connectivity index (χ3v) is 7.02. The van der Waals surface area contributed by atoms with Crippen LogP contribution in [0.15, 0.2) is 82.2 Å². The van der Waals surface area contributed by atoms with E-state index < -0.39 is 15.9 Å². The number of benzene rings is 3. The van der Waals surface area contributed by atoms with Crippen LogP contribution in [0.3, 0.4) is 0 Å². The van der Waals surface area contributed by atoms with Crippen molar-refractivity contribution in [2.45, 2.75) is 18.4 Å². The number of carbonyl (C=O) groups is 1. The average Bonchev–Trinajstić information content (AvgIpc) is 2.71. The Balaban J connectivity index is 1.88. The summed E-state index contributed by atoms with van der Waals surface area (Å²) in [5.74, 6) is -0.447. The first kappa shape index (κ1) is 22.5. The molecule has 0 aliphatic rings. The van der Waals surface area contributed by atoms with E-state index in [0.717, 1.165) is 15.6 Å². The standard InChI is InChI=1S/C22H20BrClN2O3S/c1-16-7-10-19(24)13-21(16)25-22(27)15-26(14-17-5-3-2-4-6-17)30(28,29)20-11-8-18(23)9-12-20/h2-13H,14-15H2,1H3,(H,25,27). The van der Waals surface area contributed by atoms with Gasteiger partial charge < -0.3 is 5.32 Å². The minimum absolute atomic E-state index is 0.0706. The summed E-state index contributed by atoms with van der Waals surface area (Å²) in [5, 5.41) is 3.25. The van der Waals surface area contributed by atoms with Gasteiger partial charge in [0.2, 0.25) is 15.9 Å². The van der Waals surface area contributed by atoms with Crippen LogP contribution in [0.5, 0.6) is 0 Å². The van der Waals surface area contributed by atoms with Crippen molar-refractivity contribution < 1.29 is 13.2 Å². The number of anilines is 1. The highest BCUT2D eigenvalue weighted by atomic mass is 79.9. The lowest BCUT2D eigenvalue weighted by Crippen LogP contribution is -2.37. The van der Waals surface area contributed by atoms with E-state index >= 15 is 0 Å². The molecule has 0 unspecified atom stereocenters. The van der Waals surface area contributed by atoms with Gasteiger partial charge >= 0.3 is 0 Å². The van der Waals surface area contributed by atoms with Crippen molar-refractivity contribution in [3.63, 3.8) is 0 Å². The second-order valence-corrected chi connectivity index (χ2v) is 10.0. The van der Waals surface area contributed by atoms with Crippen LogP contribution in [0, 0.1) is 6.92 Å². The molecule has 0 saturated heterocycles. The number of halogens is 2. The maximum atomic E-state index is 13.3. The van der Waals surface area contributed by atoms with Crippen LogP contribution >= 0.6 is 27.5 Å². The molecule has 0 spiro atoms. The van der Waals surface area contributed by atoms with Gasteiger partial charge in [0.05, 0.1) is 11.4 Å². The quantitative estimate of drug-likeness (QED) is 0.475. The molecule has 0 heterocycles. The lowest BCUT2D eigenvalue weighted by molar-refractivity contribution is -0.116. The molecule has 0 aromatic heterocycles. The summed E-state index contributed by atoms with van der Waals surface area (Å²) in [6.07, 6.45) is 0. The lowest BCUT2D eigenvalue weighted by Gasteiger charge is -2.22. The highest BCUT2D eigenvalue weighted by molar-refractivity contribution is 9.10. The number of carbonyl (C=O) groups excluding carboxylic acids is 1. The zero-order valence-corrected chi connectivity index (χ0v) is 19.3. The van der Waals surface area contributed by atoms with E-state index in [4.69, 9.17) is 11.6 Å². The number of hydrogen-bond donors (Lipinski definition) is 1. The summed E-state index contributed by atoms with van der Waals surface area (Å²) in [4.78, 5) is 12.9. The summed E-state index contributed by atoms with van der Waals surface area (Å²) in [7, 11) is -3.90. The normalized spacial score (nSPS) is 11.5. The Morgan fingerprint density at radius 1 is 1.03 bits per heavy atom. The molecule has 0 aliphatic carbocycles. The van der Waals surface area contributed by atoms with Gasteiger partial charge in [-0.25, -0.2) is 8.42 Å². The SMILES string of the molecule is Cc1ccc(Cl)cc1NC(=O)CN(Cc1ccccc1)S(=O)(=O)c1ccc(Br)cc1. The van der Waals surface area contributed by atoms with Crippen LogP contribution in [0.1, 0.15) is 11.1 Å². The topological polar surface area (TPSA) is 66.5 Å². The molecule has 3 rings (SSSR count). The van der Waals surface area contributed by atoms with Crippen LogP contribution in [-0.2, 0) is 21.4 Å². The van der Waals surface area contributed by atoms with Crippen molar-refractivity contribution in [1.29, 1.82) is 0 Å².